The lowest BCUT2D eigenvalue weighted by Crippen LogP contribution is -2.23. The Morgan fingerprint density at radius 2 is 1.21 bits per heavy atom. The van der Waals surface area contributed by atoms with E-state index < -0.39 is 0 Å². The van der Waals surface area contributed by atoms with Crippen LogP contribution in [0.15, 0.2) is 132 Å². The first-order chi connectivity index (χ1) is 20.8. The fourth-order valence-electron chi connectivity index (χ4n) is 7.31. The molecule has 200 valence electrons. The zero-order valence-corrected chi connectivity index (χ0v) is 23.3. The highest BCUT2D eigenvalue weighted by Crippen LogP contribution is 2.42. The molecule has 6 aromatic carbocycles. The molecule has 2 heteroatoms. The van der Waals surface area contributed by atoms with Gasteiger partial charge in [0.1, 0.15) is 11.2 Å². The summed E-state index contributed by atoms with van der Waals surface area (Å²) in [7, 11) is 0. The molecule has 2 aliphatic carbocycles. The van der Waals surface area contributed by atoms with E-state index in [2.05, 4.69) is 132 Å². The van der Waals surface area contributed by atoms with Gasteiger partial charge in [0.15, 0.2) is 0 Å². The van der Waals surface area contributed by atoms with Gasteiger partial charge in [0.2, 0.25) is 0 Å². The number of benzene rings is 6. The molecule has 1 heterocycles. The van der Waals surface area contributed by atoms with E-state index in [9.17, 15) is 0 Å². The van der Waals surface area contributed by atoms with Gasteiger partial charge in [0.05, 0.1) is 5.39 Å². The molecule has 0 spiro atoms. The third-order valence-corrected chi connectivity index (χ3v) is 9.27. The molecule has 0 N–H and O–H groups in total. The molecule has 0 saturated heterocycles. The molecule has 0 aliphatic heterocycles. The van der Waals surface area contributed by atoms with Gasteiger partial charge in [-0.2, -0.15) is 0 Å². The first kappa shape index (κ1) is 23.6. The number of hydrogen-bond donors (Lipinski definition) is 0. The Balaban J connectivity index is 1.18. The molecule has 7 aromatic rings. The van der Waals surface area contributed by atoms with Gasteiger partial charge in [-0.3, -0.25) is 0 Å². The molecule has 42 heavy (non-hydrogen) atoms. The van der Waals surface area contributed by atoms with Crippen LogP contribution < -0.4 is 4.90 Å². The quantitative estimate of drug-likeness (QED) is 0.216. The number of furan rings is 1. The van der Waals surface area contributed by atoms with Crippen LogP contribution in [-0.4, -0.2) is 0 Å². The minimum Gasteiger partial charge on any atom is -0.456 e. The largest absolute Gasteiger partial charge is 0.456 e. The van der Waals surface area contributed by atoms with Crippen molar-refractivity contribution in [3.63, 3.8) is 0 Å². The van der Waals surface area contributed by atoms with Crippen molar-refractivity contribution in [3.8, 4) is 22.3 Å². The standard InChI is InChI=1S/C40H29NO/c1-4-13-32-27(9-1)22-29-20-19-26(21-35(29)32)24-41(37-16-8-18-39-40(37)34-14-5-6-17-38(34)42-39)25-30-11-7-15-33-31-12-3-2-10-28(31)23-36(30)33/h1-21H,22-25H2. The van der Waals surface area contributed by atoms with Crippen molar-refractivity contribution in [2.75, 3.05) is 4.90 Å². The van der Waals surface area contributed by atoms with Crippen LogP contribution in [0.2, 0.25) is 0 Å². The molecule has 0 fully saturated rings. The van der Waals surface area contributed by atoms with Crippen molar-refractivity contribution in [2.45, 2.75) is 25.9 Å². The van der Waals surface area contributed by atoms with Crippen LogP contribution in [0.5, 0.6) is 0 Å². The van der Waals surface area contributed by atoms with Crippen molar-refractivity contribution in [2.24, 2.45) is 0 Å². The highest BCUT2D eigenvalue weighted by atomic mass is 16.3. The normalized spacial score (nSPS) is 12.8. The topological polar surface area (TPSA) is 16.4 Å². The van der Waals surface area contributed by atoms with E-state index in [1.165, 1.54) is 72.1 Å². The molecule has 0 radical (unpaired) electrons. The van der Waals surface area contributed by atoms with Gasteiger partial charge >= 0.3 is 0 Å². The molecule has 0 atom stereocenters. The van der Waals surface area contributed by atoms with Crippen molar-refractivity contribution in [1.29, 1.82) is 0 Å². The predicted octanol–water partition coefficient (Wildman–Crippen LogP) is 9.94. The predicted molar refractivity (Wildman–Crippen MR) is 173 cm³/mol. The van der Waals surface area contributed by atoms with Gasteiger partial charge < -0.3 is 9.32 Å². The van der Waals surface area contributed by atoms with E-state index in [4.69, 9.17) is 4.42 Å². The molecule has 2 aliphatic rings. The molecule has 0 amide bonds. The van der Waals surface area contributed by atoms with Gasteiger partial charge in [-0.1, -0.05) is 103 Å². The highest BCUT2D eigenvalue weighted by molar-refractivity contribution is 6.11. The number of para-hydroxylation sites is 1. The lowest BCUT2D eigenvalue weighted by molar-refractivity contribution is 0.668. The van der Waals surface area contributed by atoms with Crippen LogP contribution in [-0.2, 0) is 25.9 Å². The Morgan fingerprint density at radius 3 is 2.12 bits per heavy atom. The first-order valence-corrected chi connectivity index (χ1v) is 14.8. The Hall–Kier alpha value is -5.08. The monoisotopic (exact) mass is 539 g/mol. The number of anilines is 1. The third kappa shape index (κ3) is 3.65. The summed E-state index contributed by atoms with van der Waals surface area (Å²) >= 11 is 0. The van der Waals surface area contributed by atoms with Crippen molar-refractivity contribution >= 4 is 27.6 Å². The smallest absolute Gasteiger partial charge is 0.137 e. The van der Waals surface area contributed by atoms with Crippen LogP contribution in [0.1, 0.15) is 33.4 Å². The molecule has 0 bridgehead atoms. The Bertz CT molecular complexity index is 2170. The second-order valence-electron chi connectivity index (χ2n) is 11.7. The number of rotatable bonds is 5. The maximum Gasteiger partial charge on any atom is 0.137 e. The summed E-state index contributed by atoms with van der Waals surface area (Å²) in [5.41, 5.74) is 17.0. The average Bonchev–Trinajstić information content (AvgIpc) is 3.72. The van der Waals surface area contributed by atoms with Gasteiger partial charge in [-0.15, -0.1) is 0 Å². The van der Waals surface area contributed by atoms with Crippen molar-refractivity contribution < 1.29 is 4.42 Å². The molecular weight excluding hydrogens is 510 g/mol. The van der Waals surface area contributed by atoms with E-state index in [1.54, 1.807) is 0 Å². The highest BCUT2D eigenvalue weighted by Gasteiger charge is 2.24. The van der Waals surface area contributed by atoms with Crippen LogP contribution in [0.25, 0.3) is 44.2 Å². The maximum atomic E-state index is 6.33. The summed E-state index contributed by atoms with van der Waals surface area (Å²) in [4.78, 5) is 2.56. The lowest BCUT2D eigenvalue weighted by atomic mass is 9.99. The zero-order valence-electron chi connectivity index (χ0n) is 23.3. The second-order valence-corrected chi connectivity index (χ2v) is 11.7. The van der Waals surface area contributed by atoms with E-state index in [1.807, 2.05) is 0 Å². The van der Waals surface area contributed by atoms with Gasteiger partial charge in [0, 0.05) is 24.2 Å². The summed E-state index contributed by atoms with van der Waals surface area (Å²) in [5.74, 6) is 0. The van der Waals surface area contributed by atoms with Crippen LogP contribution in [0.3, 0.4) is 0 Å². The summed E-state index contributed by atoms with van der Waals surface area (Å²) < 4.78 is 6.33. The van der Waals surface area contributed by atoms with Gasteiger partial charge in [-0.05, 0) is 92.7 Å². The lowest BCUT2D eigenvalue weighted by Gasteiger charge is -2.27. The number of nitrogens with zero attached hydrogens (tertiary/aromatic N) is 1. The van der Waals surface area contributed by atoms with Crippen LogP contribution >= 0.6 is 0 Å². The summed E-state index contributed by atoms with van der Waals surface area (Å²) in [6.45, 7) is 1.63. The molecule has 0 unspecified atom stereocenters. The fraction of sp³-hybridized carbons (Fsp3) is 0.100. The Morgan fingerprint density at radius 1 is 0.524 bits per heavy atom. The first-order valence-electron chi connectivity index (χ1n) is 14.8. The molecule has 9 rings (SSSR count). The summed E-state index contributed by atoms with van der Waals surface area (Å²) in [6, 6.07) is 46.6. The van der Waals surface area contributed by atoms with E-state index >= 15 is 0 Å². The van der Waals surface area contributed by atoms with Crippen molar-refractivity contribution in [3.05, 3.63) is 161 Å². The van der Waals surface area contributed by atoms with E-state index in [0.717, 1.165) is 37.1 Å². The zero-order chi connectivity index (χ0) is 27.6. The summed E-state index contributed by atoms with van der Waals surface area (Å²) in [5, 5.41) is 2.36. The number of fused-ring (bicyclic) bond motifs is 9. The minimum absolute atomic E-state index is 0.810. The Labute approximate surface area is 245 Å². The van der Waals surface area contributed by atoms with E-state index in [0.29, 0.717) is 0 Å². The summed E-state index contributed by atoms with van der Waals surface area (Å²) in [6.07, 6.45) is 2.01. The van der Waals surface area contributed by atoms with Crippen molar-refractivity contribution in [1.82, 2.24) is 0 Å². The minimum atomic E-state index is 0.810. The van der Waals surface area contributed by atoms with Gasteiger partial charge in [0.25, 0.3) is 0 Å². The molecule has 0 saturated carbocycles. The fourth-order valence-corrected chi connectivity index (χ4v) is 7.31. The molecular formula is C40H29NO. The molecule has 1 aromatic heterocycles. The molecule has 2 nitrogen and oxygen atoms in total. The maximum absolute atomic E-state index is 6.33. The van der Waals surface area contributed by atoms with E-state index in [-0.39, 0.29) is 0 Å². The van der Waals surface area contributed by atoms with Crippen LogP contribution in [0, 0.1) is 0 Å². The SMILES string of the molecule is c1ccc2c(c1)Cc1ccc(CN(Cc3cccc4c3Cc3ccccc3-4)c3cccc4oc5ccccc5c34)cc1-2. The Kier molecular flexibility index (Phi) is 5.18. The number of hydrogen-bond acceptors (Lipinski definition) is 2. The average molecular weight is 540 g/mol. The van der Waals surface area contributed by atoms with Gasteiger partial charge in [-0.25, -0.2) is 0 Å². The second kappa shape index (κ2) is 9.22. The van der Waals surface area contributed by atoms with Crippen LogP contribution in [0.4, 0.5) is 5.69 Å². The third-order valence-electron chi connectivity index (χ3n) is 9.27.